The van der Waals surface area contributed by atoms with Crippen molar-refractivity contribution in [1.29, 1.82) is 0 Å². The van der Waals surface area contributed by atoms with Crippen LogP contribution in [0.1, 0.15) is 73.1 Å². The number of hydrogen-bond donors (Lipinski definition) is 1. The van der Waals surface area contributed by atoms with E-state index in [9.17, 15) is 14.7 Å². The third kappa shape index (κ3) is 4.35. The molecule has 5 heteroatoms. The van der Waals surface area contributed by atoms with Gasteiger partial charge in [-0.15, -0.1) is 0 Å². The number of nitrogens with zero attached hydrogens (tertiary/aromatic N) is 1. The van der Waals surface area contributed by atoms with Crippen LogP contribution >= 0.6 is 0 Å². The Hall–Kier alpha value is -1.26. The monoisotopic (exact) mass is 299 g/mol. The van der Waals surface area contributed by atoms with Gasteiger partial charge in [-0.1, -0.05) is 26.7 Å². The van der Waals surface area contributed by atoms with Crippen LogP contribution in [0.2, 0.25) is 0 Å². The van der Waals surface area contributed by atoms with Gasteiger partial charge in [0.15, 0.2) is 0 Å². The number of carboxylic acids is 1. The molecular weight excluding hydrogens is 270 g/mol. The molecule has 0 aliphatic heterocycles. The van der Waals surface area contributed by atoms with Crippen LogP contribution in [0.15, 0.2) is 0 Å². The fraction of sp³-hybridized carbons (Fsp3) is 0.875. The van der Waals surface area contributed by atoms with Crippen molar-refractivity contribution in [1.82, 2.24) is 4.90 Å². The van der Waals surface area contributed by atoms with Crippen molar-refractivity contribution in [3.05, 3.63) is 0 Å². The predicted molar refractivity (Wildman–Crippen MR) is 81.3 cm³/mol. The standard InChI is InChI=1S/C16H29NO4/c1-6-10-16(11-7-2,13(18)19)17(12-8-9-12)14(20)21-15(3,4)5/h12H,6-11H2,1-5H3,(H,18,19). The maximum atomic E-state index is 12.6. The van der Waals surface area contributed by atoms with Crippen LogP contribution in [-0.4, -0.2) is 39.3 Å². The normalized spacial score (nSPS) is 15.7. The van der Waals surface area contributed by atoms with E-state index < -0.39 is 23.2 Å². The fourth-order valence-electron chi connectivity index (χ4n) is 2.83. The van der Waals surface area contributed by atoms with Crippen molar-refractivity contribution in [3.8, 4) is 0 Å². The van der Waals surface area contributed by atoms with Gasteiger partial charge in [0, 0.05) is 6.04 Å². The van der Waals surface area contributed by atoms with Crippen LogP contribution in [0.3, 0.4) is 0 Å². The molecule has 1 saturated carbocycles. The van der Waals surface area contributed by atoms with Gasteiger partial charge in [0.2, 0.25) is 0 Å². The number of aliphatic carboxylic acids is 1. The van der Waals surface area contributed by atoms with E-state index in [1.54, 1.807) is 20.8 Å². The van der Waals surface area contributed by atoms with Crippen LogP contribution in [0.4, 0.5) is 4.79 Å². The highest BCUT2D eigenvalue weighted by Crippen LogP contribution is 2.39. The first-order chi connectivity index (χ1) is 9.68. The summed E-state index contributed by atoms with van der Waals surface area (Å²) in [6.45, 7) is 9.31. The molecule has 21 heavy (non-hydrogen) atoms. The molecule has 1 rings (SSSR count). The van der Waals surface area contributed by atoms with E-state index >= 15 is 0 Å². The molecule has 5 nitrogen and oxygen atoms in total. The van der Waals surface area contributed by atoms with Gasteiger partial charge >= 0.3 is 12.1 Å². The van der Waals surface area contributed by atoms with E-state index in [0.29, 0.717) is 12.8 Å². The van der Waals surface area contributed by atoms with Gasteiger partial charge in [0.1, 0.15) is 11.1 Å². The first-order valence-electron chi connectivity index (χ1n) is 7.93. The molecular formula is C16H29NO4. The maximum Gasteiger partial charge on any atom is 0.411 e. The Morgan fingerprint density at radius 3 is 1.90 bits per heavy atom. The number of carbonyl (C=O) groups excluding carboxylic acids is 1. The first-order valence-corrected chi connectivity index (χ1v) is 7.93. The summed E-state index contributed by atoms with van der Waals surface area (Å²) in [6, 6.07) is 0.00838. The lowest BCUT2D eigenvalue weighted by Gasteiger charge is -2.41. The van der Waals surface area contributed by atoms with Gasteiger partial charge in [-0.3, -0.25) is 4.90 Å². The SMILES string of the molecule is CCCC(CCC)(C(=O)O)N(C(=O)OC(C)(C)C)C1CC1. The van der Waals surface area contributed by atoms with E-state index in [1.807, 2.05) is 13.8 Å². The highest BCUT2D eigenvalue weighted by molar-refractivity contribution is 5.85. The van der Waals surface area contributed by atoms with Crippen molar-refractivity contribution in [2.45, 2.75) is 90.3 Å². The topological polar surface area (TPSA) is 66.8 Å². The van der Waals surface area contributed by atoms with Crippen molar-refractivity contribution < 1.29 is 19.4 Å². The quantitative estimate of drug-likeness (QED) is 0.776. The molecule has 1 fully saturated rings. The van der Waals surface area contributed by atoms with E-state index in [2.05, 4.69) is 0 Å². The average Bonchev–Trinajstić information content (AvgIpc) is 3.11. The summed E-state index contributed by atoms with van der Waals surface area (Å²) in [7, 11) is 0. The lowest BCUT2D eigenvalue weighted by molar-refractivity contribution is -0.153. The minimum atomic E-state index is -1.13. The highest BCUT2D eigenvalue weighted by atomic mass is 16.6. The van der Waals surface area contributed by atoms with Crippen molar-refractivity contribution in [2.75, 3.05) is 0 Å². The Kier molecular flexibility index (Phi) is 5.65. The maximum absolute atomic E-state index is 12.6. The smallest absolute Gasteiger partial charge is 0.411 e. The predicted octanol–water partition coefficient (Wildman–Crippen LogP) is 3.81. The van der Waals surface area contributed by atoms with Crippen molar-refractivity contribution in [2.24, 2.45) is 0 Å². The summed E-state index contributed by atoms with van der Waals surface area (Å²) in [5.74, 6) is -0.913. The van der Waals surface area contributed by atoms with Crippen LogP contribution < -0.4 is 0 Å². The molecule has 1 aliphatic rings. The molecule has 0 saturated heterocycles. The molecule has 0 bridgehead atoms. The number of amides is 1. The molecule has 0 spiro atoms. The van der Waals surface area contributed by atoms with Crippen LogP contribution in [-0.2, 0) is 9.53 Å². The molecule has 122 valence electrons. The zero-order valence-corrected chi connectivity index (χ0v) is 13.9. The van der Waals surface area contributed by atoms with Gasteiger partial charge in [0.05, 0.1) is 0 Å². The van der Waals surface area contributed by atoms with Gasteiger partial charge < -0.3 is 9.84 Å². The molecule has 1 amide bonds. The Morgan fingerprint density at radius 2 is 1.62 bits per heavy atom. The van der Waals surface area contributed by atoms with Crippen LogP contribution in [0, 0.1) is 0 Å². The first kappa shape index (κ1) is 17.8. The summed E-state index contributed by atoms with van der Waals surface area (Å²) in [5.41, 5.74) is -1.75. The van der Waals surface area contributed by atoms with Crippen molar-refractivity contribution >= 4 is 12.1 Å². The number of ether oxygens (including phenoxy) is 1. The second kappa shape index (κ2) is 6.67. The zero-order valence-electron chi connectivity index (χ0n) is 13.9. The minimum absolute atomic E-state index is 0.00838. The Balaban J connectivity index is 3.13. The molecule has 0 heterocycles. The number of hydrogen-bond acceptors (Lipinski definition) is 3. The fourth-order valence-corrected chi connectivity index (χ4v) is 2.83. The second-order valence-corrected chi connectivity index (χ2v) is 6.92. The largest absolute Gasteiger partial charge is 0.479 e. The number of rotatable bonds is 7. The third-order valence-corrected chi connectivity index (χ3v) is 3.69. The zero-order chi connectivity index (χ0) is 16.3. The van der Waals surface area contributed by atoms with E-state index in [0.717, 1.165) is 25.7 Å². The molecule has 0 unspecified atom stereocenters. The number of carbonyl (C=O) groups is 2. The van der Waals surface area contributed by atoms with E-state index in [4.69, 9.17) is 4.74 Å². The van der Waals surface area contributed by atoms with Crippen LogP contribution in [0.5, 0.6) is 0 Å². The molecule has 1 aliphatic carbocycles. The molecule has 0 aromatic rings. The number of carboxylic acid groups (broad SMARTS) is 1. The minimum Gasteiger partial charge on any atom is -0.479 e. The molecule has 0 aromatic carbocycles. The summed E-state index contributed by atoms with van der Waals surface area (Å²) < 4.78 is 5.47. The summed E-state index contributed by atoms with van der Waals surface area (Å²) in [6.07, 6.45) is 3.60. The highest BCUT2D eigenvalue weighted by Gasteiger charge is 2.52. The van der Waals surface area contributed by atoms with E-state index in [-0.39, 0.29) is 6.04 Å². The lowest BCUT2D eigenvalue weighted by Crippen LogP contribution is -2.59. The Labute approximate surface area is 127 Å². The van der Waals surface area contributed by atoms with Crippen LogP contribution in [0.25, 0.3) is 0 Å². The van der Waals surface area contributed by atoms with Gasteiger partial charge in [-0.25, -0.2) is 9.59 Å². The molecule has 0 aromatic heterocycles. The summed E-state index contributed by atoms with van der Waals surface area (Å²) >= 11 is 0. The Bertz CT molecular complexity index is 376. The average molecular weight is 299 g/mol. The molecule has 0 atom stereocenters. The van der Waals surface area contributed by atoms with Gasteiger partial charge in [0.25, 0.3) is 0 Å². The van der Waals surface area contributed by atoms with Gasteiger partial charge in [-0.2, -0.15) is 0 Å². The molecule has 1 N–H and O–H groups in total. The van der Waals surface area contributed by atoms with E-state index in [1.165, 1.54) is 4.90 Å². The Morgan fingerprint density at radius 1 is 1.14 bits per heavy atom. The van der Waals surface area contributed by atoms with Gasteiger partial charge in [-0.05, 0) is 46.5 Å². The third-order valence-electron chi connectivity index (χ3n) is 3.69. The second-order valence-electron chi connectivity index (χ2n) is 6.92. The summed E-state index contributed by atoms with van der Waals surface area (Å²) in [4.78, 5) is 26.1. The summed E-state index contributed by atoms with van der Waals surface area (Å²) in [5, 5.41) is 9.83. The molecule has 0 radical (unpaired) electrons. The lowest BCUT2D eigenvalue weighted by atomic mass is 9.86. The van der Waals surface area contributed by atoms with Crippen molar-refractivity contribution in [3.63, 3.8) is 0 Å².